The molecule has 3 nitrogen and oxygen atoms in total. The summed E-state index contributed by atoms with van der Waals surface area (Å²) in [7, 11) is 0. The third kappa shape index (κ3) is 5.12. The van der Waals surface area contributed by atoms with E-state index < -0.39 is 11.5 Å². The topological polar surface area (TPSA) is 49.3 Å². The second kappa shape index (κ2) is 6.56. The van der Waals surface area contributed by atoms with Crippen LogP contribution in [-0.4, -0.2) is 23.7 Å². The van der Waals surface area contributed by atoms with Crippen molar-refractivity contribution in [2.75, 3.05) is 6.54 Å². The first-order chi connectivity index (χ1) is 9.54. The lowest BCUT2D eigenvalue weighted by Gasteiger charge is -2.30. The molecule has 0 heterocycles. The molecule has 0 fully saturated rings. The zero-order valence-corrected chi connectivity index (χ0v) is 13.5. The summed E-state index contributed by atoms with van der Waals surface area (Å²) >= 11 is 0. The van der Waals surface area contributed by atoms with Crippen molar-refractivity contribution in [3.05, 3.63) is 35.6 Å². The number of carbonyl (C=O) groups excluding carboxylic acids is 1. The number of carbonyl (C=O) groups is 1. The fourth-order valence-corrected chi connectivity index (χ4v) is 2.42. The minimum Gasteiger partial charge on any atom is -0.393 e. The van der Waals surface area contributed by atoms with Crippen LogP contribution >= 0.6 is 0 Å². The van der Waals surface area contributed by atoms with E-state index in [1.165, 1.54) is 12.1 Å². The van der Waals surface area contributed by atoms with E-state index in [0.717, 1.165) is 0 Å². The standard InChI is InChI=1S/C17H26FNO2/c1-12(20)10-16(2,3)11-19-15(21)17(4,5)13-7-6-8-14(18)9-13/h6-9,12,20H,10-11H2,1-5H3,(H,19,21)/t12-/m1/s1. The molecule has 1 amide bonds. The molecule has 2 N–H and O–H groups in total. The predicted molar refractivity (Wildman–Crippen MR) is 82.5 cm³/mol. The van der Waals surface area contributed by atoms with Gasteiger partial charge in [-0.3, -0.25) is 4.79 Å². The molecule has 0 spiro atoms. The Kier molecular flexibility index (Phi) is 5.51. The van der Waals surface area contributed by atoms with Gasteiger partial charge in [-0.15, -0.1) is 0 Å². The summed E-state index contributed by atoms with van der Waals surface area (Å²) in [6.07, 6.45) is 0.196. The maximum absolute atomic E-state index is 13.3. The maximum atomic E-state index is 13.3. The Morgan fingerprint density at radius 1 is 1.33 bits per heavy atom. The first-order valence-corrected chi connectivity index (χ1v) is 7.27. The highest BCUT2D eigenvalue weighted by Crippen LogP contribution is 2.26. The van der Waals surface area contributed by atoms with Gasteiger partial charge in [0.15, 0.2) is 0 Å². The van der Waals surface area contributed by atoms with Crippen molar-refractivity contribution in [2.24, 2.45) is 5.41 Å². The summed E-state index contributed by atoms with van der Waals surface area (Å²) in [4.78, 5) is 12.4. The fourth-order valence-electron chi connectivity index (χ4n) is 2.42. The van der Waals surface area contributed by atoms with E-state index >= 15 is 0 Å². The number of amides is 1. The molecule has 0 unspecified atom stereocenters. The van der Waals surface area contributed by atoms with Crippen molar-refractivity contribution in [3.8, 4) is 0 Å². The average molecular weight is 295 g/mol. The Labute approximate surface area is 126 Å². The van der Waals surface area contributed by atoms with Gasteiger partial charge in [0.2, 0.25) is 5.91 Å². The third-order valence-electron chi connectivity index (χ3n) is 3.69. The highest BCUT2D eigenvalue weighted by atomic mass is 19.1. The van der Waals surface area contributed by atoms with Crippen LogP contribution in [-0.2, 0) is 10.2 Å². The second-order valence-corrected chi connectivity index (χ2v) is 7.04. The van der Waals surface area contributed by atoms with Gasteiger partial charge in [-0.2, -0.15) is 0 Å². The quantitative estimate of drug-likeness (QED) is 0.847. The molecule has 21 heavy (non-hydrogen) atoms. The van der Waals surface area contributed by atoms with Gasteiger partial charge in [0.25, 0.3) is 0 Å². The Balaban J connectivity index is 2.74. The first kappa shape index (κ1) is 17.6. The minimum atomic E-state index is -0.803. The van der Waals surface area contributed by atoms with E-state index in [4.69, 9.17) is 0 Å². The van der Waals surface area contributed by atoms with Crippen molar-refractivity contribution < 1.29 is 14.3 Å². The summed E-state index contributed by atoms with van der Waals surface area (Å²) in [5, 5.41) is 12.4. The van der Waals surface area contributed by atoms with Crippen molar-refractivity contribution in [3.63, 3.8) is 0 Å². The average Bonchev–Trinajstić information content (AvgIpc) is 2.34. The van der Waals surface area contributed by atoms with Crippen molar-refractivity contribution >= 4 is 5.91 Å². The van der Waals surface area contributed by atoms with Gasteiger partial charge in [0, 0.05) is 6.54 Å². The second-order valence-electron chi connectivity index (χ2n) is 7.04. The Morgan fingerprint density at radius 2 is 1.95 bits per heavy atom. The Bertz CT molecular complexity index is 495. The maximum Gasteiger partial charge on any atom is 0.230 e. The van der Waals surface area contributed by atoms with Gasteiger partial charge in [-0.25, -0.2) is 4.39 Å². The van der Waals surface area contributed by atoms with Gasteiger partial charge in [-0.05, 0) is 50.3 Å². The molecule has 0 saturated carbocycles. The smallest absolute Gasteiger partial charge is 0.230 e. The third-order valence-corrected chi connectivity index (χ3v) is 3.69. The van der Waals surface area contributed by atoms with Crippen LogP contribution in [0.5, 0.6) is 0 Å². The molecule has 1 rings (SSSR count). The molecule has 1 atom stereocenters. The van der Waals surface area contributed by atoms with Crippen molar-refractivity contribution in [1.29, 1.82) is 0 Å². The van der Waals surface area contributed by atoms with Gasteiger partial charge < -0.3 is 10.4 Å². The van der Waals surface area contributed by atoms with Gasteiger partial charge in [0.1, 0.15) is 5.82 Å². The number of hydrogen-bond donors (Lipinski definition) is 2. The summed E-state index contributed by atoms with van der Waals surface area (Å²) in [5.74, 6) is -0.491. The molecular formula is C17H26FNO2. The SMILES string of the molecule is C[C@@H](O)CC(C)(C)CNC(=O)C(C)(C)c1cccc(F)c1. The van der Waals surface area contributed by atoms with E-state index in [2.05, 4.69) is 5.32 Å². The van der Waals surface area contributed by atoms with E-state index in [1.54, 1.807) is 32.9 Å². The van der Waals surface area contributed by atoms with Crippen LogP contribution in [0.4, 0.5) is 4.39 Å². The minimum absolute atomic E-state index is 0.147. The Hall–Kier alpha value is -1.42. The molecule has 1 aromatic rings. The lowest BCUT2D eigenvalue weighted by molar-refractivity contribution is -0.126. The van der Waals surface area contributed by atoms with Crippen LogP contribution in [0.15, 0.2) is 24.3 Å². The van der Waals surface area contributed by atoms with Gasteiger partial charge >= 0.3 is 0 Å². The van der Waals surface area contributed by atoms with Crippen LogP contribution in [0, 0.1) is 11.2 Å². The molecule has 4 heteroatoms. The zero-order valence-electron chi connectivity index (χ0n) is 13.5. The number of benzene rings is 1. The number of halogens is 1. The van der Waals surface area contributed by atoms with Crippen LogP contribution < -0.4 is 5.32 Å². The molecule has 118 valence electrons. The normalized spacial score (nSPS) is 13.9. The number of aliphatic hydroxyl groups is 1. The number of nitrogens with one attached hydrogen (secondary N) is 1. The molecule has 0 aliphatic heterocycles. The van der Waals surface area contributed by atoms with E-state index in [0.29, 0.717) is 18.5 Å². The summed E-state index contributed by atoms with van der Waals surface area (Å²) in [6.45, 7) is 9.75. The molecular weight excluding hydrogens is 269 g/mol. The summed E-state index contributed by atoms with van der Waals surface area (Å²) in [6, 6.07) is 6.12. The van der Waals surface area contributed by atoms with E-state index in [1.807, 2.05) is 13.8 Å². The molecule has 1 aromatic carbocycles. The highest BCUT2D eigenvalue weighted by molar-refractivity contribution is 5.87. The highest BCUT2D eigenvalue weighted by Gasteiger charge is 2.31. The number of rotatable bonds is 6. The lowest BCUT2D eigenvalue weighted by Crippen LogP contribution is -2.44. The van der Waals surface area contributed by atoms with Gasteiger partial charge in [-0.1, -0.05) is 26.0 Å². The predicted octanol–water partition coefficient (Wildman–Crippen LogP) is 3.02. The van der Waals surface area contributed by atoms with Gasteiger partial charge in [0.05, 0.1) is 11.5 Å². The lowest BCUT2D eigenvalue weighted by atomic mass is 9.82. The number of aliphatic hydroxyl groups excluding tert-OH is 1. The molecule has 0 radical (unpaired) electrons. The summed E-state index contributed by atoms with van der Waals surface area (Å²) in [5.41, 5.74) is -0.349. The van der Waals surface area contributed by atoms with E-state index in [-0.39, 0.29) is 17.1 Å². The Morgan fingerprint density at radius 3 is 2.48 bits per heavy atom. The largest absolute Gasteiger partial charge is 0.393 e. The molecule has 0 saturated heterocycles. The molecule has 0 aliphatic rings. The van der Waals surface area contributed by atoms with Crippen LogP contribution in [0.25, 0.3) is 0 Å². The van der Waals surface area contributed by atoms with Crippen LogP contribution in [0.3, 0.4) is 0 Å². The molecule has 0 aliphatic carbocycles. The first-order valence-electron chi connectivity index (χ1n) is 7.27. The summed E-state index contributed by atoms with van der Waals surface area (Å²) < 4.78 is 13.3. The molecule has 0 bridgehead atoms. The van der Waals surface area contributed by atoms with Crippen LogP contribution in [0.2, 0.25) is 0 Å². The van der Waals surface area contributed by atoms with Crippen molar-refractivity contribution in [2.45, 2.75) is 52.6 Å². The fraction of sp³-hybridized carbons (Fsp3) is 0.588. The van der Waals surface area contributed by atoms with Crippen LogP contribution in [0.1, 0.15) is 46.6 Å². The monoisotopic (exact) mass is 295 g/mol. The number of hydrogen-bond acceptors (Lipinski definition) is 2. The van der Waals surface area contributed by atoms with Crippen molar-refractivity contribution in [1.82, 2.24) is 5.32 Å². The van der Waals surface area contributed by atoms with E-state index in [9.17, 15) is 14.3 Å². The zero-order chi connectivity index (χ0) is 16.3. The molecule has 0 aromatic heterocycles.